The highest BCUT2D eigenvalue weighted by Gasteiger charge is 2.39. The molecule has 1 aliphatic heterocycles. The molecule has 0 aromatic heterocycles. The number of ether oxygens (including phenoxy) is 4. The number of benzene rings is 3. The Morgan fingerprint density at radius 2 is 1.61 bits per heavy atom. The van der Waals surface area contributed by atoms with Gasteiger partial charge in [-0.05, 0) is 72.6 Å². The van der Waals surface area contributed by atoms with Crippen molar-refractivity contribution in [1.82, 2.24) is 4.90 Å². The molecule has 4 rings (SSSR count). The van der Waals surface area contributed by atoms with Crippen molar-refractivity contribution in [2.24, 2.45) is 4.99 Å². The third kappa shape index (κ3) is 7.37. The zero-order chi connectivity index (χ0) is 29.4. The van der Waals surface area contributed by atoms with E-state index in [1.807, 2.05) is 18.2 Å². The van der Waals surface area contributed by atoms with Gasteiger partial charge in [0.2, 0.25) is 11.8 Å². The molecule has 11 heteroatoms. The summed E-state index contributed by atoms with van der Waals surface area (Å²) >= 11 is 1.26. The number of nitrogens with one attached hydrogen (secondary N) is 1. The van der Waals surface area contributed by atoms with Gasteiger partial charge in [-0.25, -0.2) is 9.79 Å². The van der Waals surface area contributed by atoms with E-state index in [0.717, 1.165) is 5.56 Å². The van der Waals surface area contributed by atoms with E-state index in [4.69, 9.17) is 23.9 Å². The molecule has 0 bridgehead atoms. The zero-order valence-corrected chi connectivity index (χ0v) is 24.0. The number of rotatable bonds is 11. The second-order valence-electron chi connectivity index (χ2n) is 8.95. The lowest BCUT2D eigenvalue weighted by Gasteiger charge is -2.17. The summed E-state index contributed by atoms with van der Waals surface area (Å²) in [7, 11) is 6.04. The SMILES string of the molecule is COC(=O)c1ccc(NC(=O)C[C@H]2SC(=Nc3ccc(OC)cc3)N(CCc3ccc(OC)c(OC)c3)C2=O)cc1. The fourth-order valence-corrected chi connectivity index (χ4v) is 5.35. The minimum Gasteiger partial charge on any atom is -0.497 e. The normalized spacial score (nSPS) is 15.5. The Morgan fingerprint density at radius 1 is 0.902 bits per heavy atom. The van der Waals surface area contributed by atoms with Crippen molar-refractivity contribution in [2.45, 2.75) is 18.1 Å². The van der Waals surface area contributed by atoms with Gasteiger partial charge in [0.05, 0.1) is 39.7 Å². The van der Waals surface area contributed by atoms with Gasteiger partial charge >= 0.3 is 5.97 Å². The zero-order valence-electron chi connectivity index (χ0n) is 23.2. The van der Waals surface area contributed by atoms with Gasteiger partial charge in [-0.2, -0.15) is 0 Å². The highest BCUT2D eigenvalue weighted by molar-refractivity contribution is 8.15. The van der Waals surface area contributed by atoms with Crippen LogP contribution in [-0.4, -0.2) is 68.1 Å². The molecule has 1 aliphatic rings. The van der Waals surface area contributed by atoms with Crippen LogP contribution in [0.2, 0.25) is 0 Å². The number of hydrogen-bond acceptors (Lipinski definition) is 9. The van der Waals surface area contributed by atoms with Crippen LogP contribution in [0.25, 0.3) is 0 Å². The topological polar surface area (TPSA) is 116 Å². The molecule has 1 saturated heterocycles. The van der Waals surface area contributed by atoms with E-state index in [1.165, 1.54) is 18.9 Å². The smallest absolute Gasteiger partial charge is 0.337 e. The predicted molar refractivity (Wildman–Crippen MR) is 157 cm³/mol. The van der Waals surface area contributed by atoms with Crippen molar-refractivity contribution in [1.29, 1.82) is 0 Å². The van der Waals surface area contributed by atoms with Crippen molar-refractivity contribution >= 4 is 46.1 Å². The molecule has 0 radical (unpaired) electrons. The third-order valence-electron chi connectivity index (χ3n) is 6.35. The number of esters is 1. The van der Waals surface area contributed by atoms with Crippen LogP contribution in [0.5, 0.6) is 17.2 Å². The van der Waals surface area contributed by atoms with Crippen LogP contribution in [0, 0.1) is 0 Å². The van der Waals surface area contributed by atoms with Crippen LogP contribution in [0.15, 0.2) is 71.7 Å². The average molecular weight is 578 g/mol. The van der Waals surface area contributed by atoms with Gasteiger partial charge in [-0.15, -0.1) is 0 Å². The molecule has 10 nitrogen and oxygen atoms in total. The number of aliphatic imine (C=N–C) groups is 1. The Hall–Kier alpha value is -4.51. The first kappa shape index (κ1) is 29.5. The second kappa shape index (κ2) is 13.7. The van der Waals surface area contributed by atoms with Crippen molar-refractivity contribution in [2.75, 3.05) is 40.3 Å². The van der Waals surface area contributed by atoms with Gasteiger partial charge in [0.25, 0.3) is 0 Å². The van der Waals surface area contributed by atoms with E-state index < -0.39 is 11.2 Å². The minimum absolute atomic E-state index is 0.0449. The number of amidine groups is 1. The number of carbonyl (C=O) groups is 3. The summed E-state index contributed by atoms with van der Waals surface area (Å²) in [6.45, 7) is 0.364. The van der Waals surface area contributed by atoms with Crippen LogP contribution in [0.3, 0.4) is 0 Å². The molecule has 1 atom stereocenters. The highest BCUT2D eigenvalue weighted by Crippen LogP contribution is 2.33. The molecule has 0 spiro atoms. The fraction of sp³-hybridized carbons (Fsp3) is 0.267. The van der Waals surface area contributed by atoms with Crippen LogP contribution in [0.4, 0.5) is 11.4 Å². The molecule has 0 saturated carbocycles. The Labute approximate surface area is 242 Å². The lowest BCUT2D eigenvalue weighted by Crippen LogP contribution is -2.35. The molecular formula is C30H31N3O7S. The summed E-state index contributed by atoms with van der Waals surface area (Å²) in [5.74, 6) is 0.938. The monoisotopic (exact) mass is 577 g/mol. The van der Waals surface area contributed by atoms with E-state index >= 15 is 0 Å². The maximum Gasteiger partial charge on any atom is 0.337 e. The van der Waals surface area contributed by atoms with Gasteiger partial charge in [0.15, 0.2) is 16.7 Å². The number of amides is 2. The summed E-state index contributed by atoms with van der Waals surface area (Å²) in [6.07, 6.45) is 0.497. The van der Waals surface area contributed by atoms with E-state index in [2.05, 4.69) is 5.32 Å². The Balaban J connectivity index is 1.50. The summed E-state index contributed by atoms with van der Waals surface area (Å²) in [5.41, 5.74) is 2.50. The van der Waals surface area contributed by atoms with Crippen molar-refractivity contribution in [3.05, 3.63) is 77.9 Å². The molecule has 1 heterocycles. The number of thioether (sulfide) groups is 1. The Bertz CT molecular complexity index is 1430. The van der Waals surface area contributed by atoms with E-state index in [0.29, 0.717) is 52.3 Å². The molecule has 3 aromatic rings. The maximum absolute atomic E-state index is 13.5. The summed E-state index contributed by atoms with van der Waals surface area (Å²) in [4.78, 5) is 44.4. The molecule has 2 amide bonds. The van der Waals surface area contributed by atoms with Crippen molar-refractivity contribution in [3.63, 3.8) is 0 Å². The predicted octanol–water partition coefficient (Wildman–Crippen LogP) is 4.70. The van der Waals surface area contributed by atoms with Gasteiger partial charge in [0.1, 0.15) is 11.0 Å². The number of nitrogens with zero attached hydrogens (tertiary/aromatic N) is 2. The molecule has 0 unspecified atom stereocenters. The summed E-state index contributed by atoms with van der Waals surface area (Å²) in [6, 6.07) is 19.2. The number of methoxy groups -OCH3 is 4. The summed E-state index contributed by atoms with van der Waals surface area (Å²) < 4.78 is 20.7. The highest BCUT2D eigenvalue weighted by atomic mass is 32.2. The quantitative estimate of drug-likeness (QED) is 0.326. The van der Waals surface area contributed by atoms with Gasteiger partial charge < -0.3 is 24.3 Å². The maximum atomic E-state index is 13.5. The number of anilines is 1. The molecule has 3 aromatic carbocycles. The van der Waals surface area contributed by atoms with Gasteiger partial charge in [-0.1, -0.05) is 17.8 Å². The van der Waals surface area contributed by atoms with Crippen molar-refractivity contribution < 1.29 is 33.3 Å². The third-order valence-corrected chi connectivity index (χ3v) is 7.53. The average Bonchev–Trinajstić information content (AvgIpc) is 3.28. The minimum atomic E-state index is -0.647. The largest absolute Gasteiger partial charge is 0.497 e. The fourth-order valence-electron chi connectivity index (χ4n) is 4.16. The first-order chi connectivity index (χ1) is 19.8. The van der Waals surface area contributed by atoms with Crippen LogP contribution in [-0.2, 0) is 20.7 Å². The molecule has 41 heavy (non-hydrogen) atoms. The first-order valence-corrected chi connectivity index (χ1v) is 13.6. The lowest BCUT2D eigenvalue weighted by molar-refractivity contribution is -0.128. The van der Waals surface area contributed by atoms with E-state index in [9.17, 15) is 14.4 Å². The molecule has 1 fully saturated rings. The molecule has 0 aliphatic carbocycles. The molecular weight excluding hydrogens is 546 g/mol. The standard InChI is InChI=1S/C30H31N3O7S/c1-37-23-12-10-22(11-13-23)32-30-33(16-15-19-5-14-24(38-2)25(17-19)39-3)28(35)26(41-30)18-27(34)31-21-8-6-20(7-9-21)29(36)40-4/h5-14,17,26H,15-16,18H2,1-4H3,(H,31,34)/t26-/m1/s1. The van der Waals surface area contributed by atoms with Crippen LogP contribution >= 0.6 is 11.8 Å². The van der Waals surface area contributed by atoms with Crippen LogP contribution in [0.1, 0.15) is 22.3 Å². The van der Waals surface area contributed by atoms with Gasteiger partial charge in [-0.3, -0.25) is 14.5 Å². The van der Waals surface area contributed by atoms with E-state index in [-0.39, 0.29) is 18.2 Å². The number of hydrogen-bond donors (Lipinski definition) is 1. The Morgan fingerprint density at radius 3 is 2.24 bits per heavy atom. The van der Waals surface area contributed by atoms with E-state index in [1.54, 1.807) is 74.8 Å². The number of carbonyl (C=O) groups excluding carboxylic acids is 3. The lowest BCUT2D eigenvalue weighted by atomic mass is 10.1. The molecule has 1 N–H and O–H groups in total. The van der Waals surface area contributed by atoms with Crippen LogP contribution < -0.4 is 19.5 Å². The second-order valence-corrected chi connectivity index (χ2v) is 10.1. The Kier molecular flexibility index (Phi) is 9.86. The first-order valence-electron chi connectivity index (χ1n) is 12.7. The van der Waals surface area contributed by atoms with Crippen molar-refractivity contribution in [3.8, 4) is 17.2 Å². The van der Waals surface area contributed by atoms with Gasteiger partial charge in [0, 0.05) is 18.7 Å². The summed E-state index contributed by atoms with van der Waals surface area (Å²) in [5, 5.41) is 2.66. The molecule has 214 valence electrons.